The van der Waals surface area contributed by atoms with Crippen LogP contribution in [0.4, 0.5) is 5.82 Å². The Kier molecular flexibility index (Phi) is 4.73. The maximum Gasteiger partial charge on any atom is 0.242 e. The van der Waals surface area contributed by atoms with Crippen molar-refractivity contribution in [2.45, 2.75) is 39.3 Å². The number of carbonyl (C=O) groups excluding carboxylic acids is 1. The lowest BCUT2D eigenvalue weighted by Crippen LogP contribution is -2.47. The number of amides is 1. The number of nitrogens with one attached hydrogen (secondary N) is 2. The molecular weight excluding hydrogens is 329 g/mol. The van der Waals surface area contributed by atoms with Gasteiger partial charge in [0.15, 0.2) is 0 Å². The van der Waals surface area contributed by atoms with Crippen LogP contribution in [0.25, 0.3) is 0 Å². The van der Waals surface area contributed by atoms with Crippen LogP contribution in [0.3, 0.4) is 0 Å². The standard InChI is InChI=1S/C12H18IN3O/c1-8(11(17)16-12(2,3)4)15-10-9(13)6-5-7-14-10/h5-8H,1-4H3,(H,14,15)(H,16,17). The largest absolute Gasteiger partial charge is 0.358 e. The van der Waals surface area contributed by atoms with Gasteiger partial charge in [-0.2, -0.15) is 0 Å². The Balaban J connectivity index is 2.64. The van der Waals surface area contributed by atoms with E-state index in [2.05, 4.69) is 38.2 Å². The second-order valence-electron chi connectivity index (χ2n) is 4.94. The summed E-state index contributed by atoms with van der Waals surface area (Å²) in [5.41, 5.74) is -0.218. The zero-order valence-corrected chi connectivity index (χ0v) is 12.7. The molecule has 0 fully saturated rings. The van der Waals surface area contributed by atoms with Crippen molar-refractivity contribution in [3.8, 4) is 0 Å². The summed E-state index contributed by atoms with van der Waals surface area (Å²) in [4.78, 5) is 16.1. The smallest absolute Gasteiger partial charge is 0.242 e. The van der Waals surface area contributed by atoms with Gasteiger partial charge in [-0.05, 0) is 62.4 Å². The number of rotatable bonds is 3. The van der Waals surface area contributed by atoms with Crippen molar-refractivity contribution in [1.29, 1.82) is 0 Å². The number of hydrogen-bond donors (Lipinski definition) is 2. The molecule has 0 saturated carbocycles. The number of carbonyl (C=O) groups is 1. The first-order chi connectivity index (χ1) is 7.79. The normalized spacial score (nSPS) is 13.0. The van der Waals surface area contributed by atoms with Crippen LogP contribution in [0.2, 0.25) is 0 Å². The molecule has 5 heteroatoms. The summed E-state index contributed by atoms with van der Waals surface area (Å²) in [6.07, 6.45) is 1.71. The molecule has 94 valence electrons. The molecule has 0 bridgehead atoms. The van der Waals surface area contributed by atoms with Gasteiger partial charge >= 0.3 is 0 Å². The van der Waals surface area contributed by atoms with E-state index in [0.717, 1.165) is 9.39 Å². The van der Waals surface area contributed by atoms with Crippen molar-refractivity contribution in [3.05, 3.63) is 21.9 Å². The zero-order chi connectivity index (χ0) is 13.1. The number of aromatic nitrogens is 1. The van der Waals surface area contributed by atoms with E-state index in [4.69, 9.17) is 0 Å². The van der Waals surface area contributed by atoms with Gasteiger partial charge in [-0.25, -0.2) is 4.98 Å². The molecule has 0 aliphatic carbocycles. The predicted octanol–water partition coefficient (Wildman–Crippen LogP) is 2.40. The molecule has 1 rings (SSSR count). The maximum absolute atomic E-state index is 11.9. The van der Waals surface area contributed by atoms with Crippen molar-refractivity contribution >= 4 is 34.3 Å². The first kappa shape index (κ1) is 14.2. The molecule has 0 radical (unpaired) electrons. The fourth-order valence-corrected chi connectivity index (χ4v) is 1.74. The van der Waals surface area contributed by atoms with E-state index in [1.807, 2.05) is 39.8 Å². The van der Waals surface area contributed by atoms with Crippen molar-refractivity contribution in [3.63, 3.8) is 0 Å². The van der Waals surface area contributed by atoms with E-state index in [9.17, 15) is 4.79 Å². The third-order valence-corrected chi connectivity index (χ3v) is 2.87. The van der Waals surface area contributed by atoms with E-state index < -0.39 is 0 Å². The molecule has 1 unspecified atom stereocenters. The van der Waals surface area contributed by atoms with Crippen molar-refractivity contribution in [2.24, 2.45) is 0 Å². The van der Waals surface area contributed by atoms with E-state index in [-0.39, 0.29) is 17.5 Å². The van der Waals surface area contributed by atoms with Crippen molar-refractivity contribution < 1.29 is 4.79 Å². The average molecular weight is 347 g/mol. The van der Waals surface area contributed by atoms with E-state index >= 15 is 0 Å². The molecule has 0 saturated heterocycles. The highest BCUT2D eigenvalue weighted by atomic mass is 127. The fraction of sp³-hybridized carbons (Fsp3) is 0.500. The van der Waals surface area contributed by atoms with E-state index in [0.29, 0.717) is 0 Å². The van der Waals surface area contributed by atoms with Gasteiger partial charge in [-0.1, -0.05) is 0 Å². The second kappa shape index (κ2) is 5.66. The molecule has 4 nitrogen and oxygen atoms in total. The third kappa shape index (κ3) is 4.89. The molecule has 1 aromatic heterocycles. The Morgan fingerprint density at radius 1 is 1.47 bits per heavy atom. The summed E-state index contributed by atoms with van der Waals surface area (Å²) >= 11 is 2.19. The summed E-state index contributed by atoms with van der Waals surface area (Å²) in [7, 11) is 0. The molecule has 1 amide bonds. The first-order valence-electron chi connectivity index (χ1n) is 5.48. The minimum absolute atomic E-state index is 0.0287. The Hall–Kier alpha value is -0.850. The summed E-state index contributed by atoms with van der Waals surface area (Å²) in [5, 5.41) is 6.03. The molecule has 1 aromatic rings. The lowest BCUT2D eigenvalue weighted by Gasteiger charge is -2.24. The quantitative estimate of drug-likeness (QED) is 0.826. The van der Waals surface area contributed by atoms with Crippen molar-refractivity contribution in [2.75, 3.05) is 5.32 Å². The summed E-state index contributed by atoms with van der Waals surface area (Å²) in [6, 6.07) is 3.51. The minimum Gasteiger partial charge on any atom is -0.358 e. The Morgan fingerprint density at radius 3 is 2.65 bits per heavy atom. The molecule has 0 spiro atoms. The van der Waals surface area contributed by atoms with Crippen LogP contribution in [0.15, 0.2) is 18.3 Å². The van der Waals surface area contributed by atoms with Gasteiger partial charge in [0.1, 0.15) is 11.9 Å². The first-order valence-corrected chi connectivity index (χ1v) is 6.56. The summed E-state index contributed by atoms with van der Waals surface area (Å²) in [5.74, 6) is 0.712. The average Bonchev–Trinajstić information content (AvgIpc) is 2.18. The number of hydrogen-bond acceptors (Lipinski definition) is 3. The lowest BCUT2D eigenvalue weighted by molar-refractivity contribution is -0.122. The highest BCUT2D eigenvalue weighted by Gasteiger charge is 2.19. The Labute approximate surface area is 116 Å². The molecule has 0 aliphatic heterocycles. The maximum atomic E-state index is 11.9. The van der Waals surface area contributed by atoms with Gasteiger partial charge in [-0.15, -0.1) is 0 Å². The number of halogens is 1. The zero-order valence-electron chi connectivity index (χ0n) is 10.5. The van der Waals surface area contributed by atoms with Gasteiger partial charge in [0, 0.05) is 11.7 Å². The van der Waals surface area contributed by atoms with Crippen LogP contribution >= 0.6 is 22.6 Å². The number of pyridine rings is 1. The molecular formula is C12H18IN3O. The van der Waals surface area contributed by atoms with Crippen LogP contribution in [0, 0.1) is 3.57 Å². The highest BCUT2D eigenvalue weighted by Crippen LogP contribution is 2.14. The highest BCUT2D eigenvalue weighted by molar-refractivity contribution is 14.1. The molecule has 0 aliphatic rings. The lowest BCUT2D eigenvalue weighted by atomic mass is 10.1. The number of anilines is 1. The predicted molar refractivity (Wildman–Crippen MR) is 77.9 cm³/mol. The van der Waals surface area contributed by atoms with Gasteiger partial charge in [0.2, 0.25) is 5.91 Å². The van der Waals surface area contributed by atoms with Crippen molar-refractivity contribution in [1.82, 2.24) is 10.3 Å². The molecule has 17 heavy (non-hydrogen) atoms. The topological polar surface area (TPSA) is 54.0 Å². The summed E-state index contributed by atoms with van der Waals surface area (Å²) < 4.78 is 1.00. The van der Waals surface area contributed by atoms with Gasteiger partial charge < -0.3 is 10.6 Å². The third-order valence-electron chi connectivity index (χ3n) is 2.00. The molecule has 0 aromatic carbocycles. The molecule has 2 N–H and O–H groups in total. The van der Waals surface area contributed by atoms with Crippen LogP contribution in [0.5, 0.6) is 0 Å². The second-order valence-corrected chi connectivity index (χ2v) is 6.10. The summed E-state index contributed by atoms with van der Waals surface area (Å²) in [6.45, 7) is 7.71. The van der Waals surface area contributed by atoms with Gasteiger partial charge in [-0.3, -0.25) is 4.79 Å². The molecule has 1 atom stereocenters. The Bertz CT molecular complexity index is 401. The fourth-order valence-electron chi connectivity index (χ4n) is 1.24. The molecule has 1 heterocycles. The van der Waals surface area contributed by atoms with Crippen LogP contribution in [-0.2, 0) is 4.79 Å². The van der Waals surface area contributed by atoms with Crippen LogP contribution < -0.4 is 10.6 Å². The monoisotopic (exact) mass is 347 g/mol. The van der Waals surface area contributed by atoms with Crippen LogP contribution in [-0.4, -0.2) is 22.5 Å². The number of nitrogens with zero attached hydrogens (tertiary/aromatic N) is 1. The van der Waals surface area contributed by atoms with Gasteiger partial charge in [0.05, 0.1) is 3.57 Å². The van der Waals surface area contributed by atoms with E-state index in [1.165, 1.54) is 0 Å². The Morgan fingerprint density at radius 2 is 2.12 bits per heavy atom. The van der Waals surface area contributed by atoms with Gasteiger partial charge in [0.25, 0.3) is 0 Å². The van der Waals surface area contributed by atoms with Crippen LogP contribution in [0.1, 0.15) is 27.7 Å². The SMILES string of the molecule is CC(Nc1ncccc1I)C(=O)NC(C)(C)C. The minimum atomic E-state index is -0.308. The van der Waals surface area contributed by atoms with E-state index in [1.54, 1.807) is 6.20 Å².